The molecule has 4 rings (SSSR count). The number of nitrogens with zero attached hydrogens (tertiary/aromatic N) is 1. The van der Waals surface area contributed by atoms with Crippen LogP contribution < -0.4 is 0 Å². The molecule has 0 radical (unpaired) electrons. The molecule has 0 N–H and O–H groups in total. The minimum absolute atomic E-state index is 1.03. The van der Waals surface area contributed by atoms with Gasteiger partial charge in [0.05, 0.1) is 16.3 Å². The zero-order chi connectivity index (χ0) is 14.8. The van der Waals surface area contributed by atoms with E-state index in [9.17, 15) is 0 Å². The maximum atomic E-state index is 4.86. The molecule has 3 heterocycles. The summed E-state index contributed by atoms with van der Waals surface area (Å²) in [5.41, 5.74) is 5.68. The van der Waals surface area contributed by atoms with Crippen molar-refractivity contribution in [1.82, 2.24) is 4.98 Å². The molecule has 22 heavy (non-hydrogen) atoms. The third kappa shape index (κ3) is 2.61. The van der Waals surface area contributed by atoms with Crippen LogP contribution in [0.5, 0.6) is 0 Å². The summed E-state index contributed by atoms with van der Waals surface area (Å²) in [4.78, 5) is 6.06. The van der Waals surface area contributed by atoms with Crippen molar-refractivity contribution in [2.45, 2.75) is 0 Å². The first-order valence-corrected chi connectivity index (χ1v) is 8.86. The maximum absolute atomic E-state index is 4.86. The van der Waals surface area contributed by atoms with Crippen LogP contribution in [0.2, 0.25) is 0 Å². The number of benzene rings is 1. The topological polar surface area (TPSA) is 12.9 Å². The van der Waals surface area contributed by atoms with E-state index in [2.05, 4.69) is 70.7 Å². The van der Waals surface area contributed by atoms with Gasteiger partial charge < -0.3 is 0 Å². The zero-order valence-corrected chi connectivity index (χ0v) is 13.4. The molecule has 3 heteroatoms. The molecule has 0 spiro atoms. The van der Waals surface area contributed by atoms with Gasteiger partial charge in [-0.25, -0.2) is 4.98 Å². The summed E-state index contributed by atoms with van der Waals surface area (Å²) in [5, 5.41) is 6.34. The number of aromatic nitrogens is 1. The van der Waals surface area contributed by atoms with E-state index in [1.807, 2.05) is 6.07 Å². The Hall–Kier alpha value is -2.23. The van der Waals surface area contributed by atoms with Crippen molar-refractivity contribution < 1.29 is 0 Å². The molecule has 0 atom stereocenters. The van der Waals surface area contributed by atoms with Gasteiger partial charge in [0.15, 0.2) is 0 Å². The average Bonchev–Trinajstić information content (AvgIpc) is 3.29. The molecule has 0 fully saturated rings. The first kappa shape index (κ1) is 13.4. The summed E-state index contributed by atoms with van der Waals surface area (Å²) in [6.07, 6.45) is 0. The third-order valence-electron chi connectivity index (χ3n) is 3.52. The van der Waals surface area contributed by atoms with Gasteiger partial charge >= 0.3 is 0 Å². The minimum atomic E-state index is 1.03. The van der Waals surface area contributed by atoms with E-state index in [0.29, 0.717) is 0 Å². The second kappa shape index (κ2) is 5.87. The van der Waals surface area contributed by atoms with Gasteiger partial charge in [0.1, 0.15) is 0 Å². The number of thiophene rings is 2. The van der Waals surface area contributed by atoms with E-state index in [0.717, 1.165) is 11.4 Å². The average molecular weight is 319 g/mol. The standard InChI is InChI=1S/C19H13NS2/c1-2-5-14(6-3-1)16-11-17(15-8-10-21-13-15)20-18(12-16)19-7-4-9-22-19/h1-13H. The molecule has 3 aromatic heterocycles. The highest BCUT2D eigenvalue weighted by Crippen LogP contribution is 2.32. The molecule has 0 aliphatic carbocycles. The van der Waals surface area contributed by atoms with E-state index < -0.39 is 0 Å². The minimum Gasteiger partial charge on any atom is -0.247 e. The van der Waals surface area contributed by atoms with Crippen molar-refractivity contribution in [2.75, 3.05) is 0 Å². The molecule has 0 unspecified atom stereocenters. The molecule has 0 amide bonds. The lowest BCUT2D eigenvalue weighted by Gasteiger charge is -2.08. The Morgan fingerprint density at radius 1 is 0.682 bits per heavy atom. The van der Waals surface area contributed by atoms with Gasteiger partial charge in [0, 0.05) is 10.9 Å². The number of hydrogen-bond donors (Lipinski definition) is 0. The van der Waals surface area contributed by atoms with E-state index >= 15 is 0 Å². The third-order valence-corrected chi connectivity index (χ3v) is 5.10. The quantitative estimate of drug-likeness (QED) is 0.438. The molecule has 0 bridgehead atoms. The van der Waals surface area contributed by atoms with Gasteiger partial charge in [-0.15, -0.1) is 11.3 Å². The van der Waals surface area contributed by atoms with Gasteiger partial charge in [-0.2, -0.15) is 11.3 Å². The highest BCUT2D eigenvalue weighted by atomic mass is 32.1. The fourth-order valence-electron chi connectivity index (χ4n) is 2.44. The molecular formula is C19H13NS2. The van der Waals surface area contributed by atoms with Crippen molar-refractivity contribution in [1.29, 1.82) is 0 Å². The smallest absolute Gasteiger partial charge is 0.0815 e. The number of hydrogen-bond acceptors (Lipinski definition) is 3. The first-order chi connectivity index (χ1) is 10.9. The van der Waals surface area contributed by atoms with E-state index in [1.165, 1.54) is 21.6 Å². The van der Waals surface area contributed by atoms with Crippen molar-refractivity contribution in [3.63, 3.8) is 0 Å². The summed E-state index contributed by atoms with van der Waals surface area (Å²) >= 11 is 3.43. The van der Waals surface area contributed by atoms with Crippen LogP contribution in [-0.2, 0) is 0 Å². The second-order valence-electron chi connectivity index (χ2n) is 4.98. The van der Waals surface area contributed by atoms with Crippen molar-refractivity contribution in [3.8, 4) is 33.0 Å². The van der Waals surface area contributed by atoms with Crippen LogP contribution in [0.1, 0.15) is 0 Å². The Morgan fingerprint density at radius 3 is 2.27 bits per heavy atom. The first-order valence-electron chi connectivity index (χ1n) is 7.04. The van der Waals surface area contributed by atoms with Crippen LogP contribution in [0, 0.1) is 0 Å². The highest BCUT2D eigenvalue weighted by Gasteiger charge is 2.09. The second-order valence-corrected chi connectivity index (χ2v) is 6.71. The van der Waals surface area contributed by atoms with Gasteiger partial charge in [-0.05, 0) is 46.2 Å². The highest BCUT2D eigenvalue weighted by molar-refractivity contribution is 7.13. The summed E-state index contributed by atoms with van der Waals surface area (Å²) in [5.74, 6) is 0. The number of pyridine rings is 1. The lowest BCUT2D eigenvalue weighted by atomic mass is 10.0. The molecule has 0 saturated carbocycles. The van der Waals surface area contributed by atoms with Crippen LogP contribution in [0.4, 0.5) is 0 Å². The Balaban J connectivity index is 1.91. The summed E-state index contributed by atoms with van der Waals surface area (Å²) in [6, 6.07) is 21.2. The van der Waals surface area contributed by atoms with Gasteiger partial charge in [0.25, 0.3) is 0 Å². The molecular weight excluding hydrogens is 306 g/mol. The van der Waals surface area contributed by atoms with Gasteiger partial charge in [-0.3, -0.25) is 0 Å². The summed E-state index contributed by atoms with van der Waals surface area (Å²) in [7, 11) is 0. The van der Waals surface area contributed by atoms with Gasteiger partial charge in [0.2, 0.25) is 0 Å². The molecule has 0 aliphatic heterocycles. The summed E-state index contributed by atoms with van der Waals surface area (Å²) < 4.78 is 0. The lowest BCUT2D eigenvalue weighted by Crippen LogP contribution is -1.88. The van der Waals surface area contributed by atoms with Gasteiger partial charge in [-0.1, -0.05) is 36.4 Å². The normalized spacial score (nSPS) is 10.7. The van der Waals surface area contributed by atoms with Crippen LogP contribution in [0.3, 0.4) is 0 Å². The zero-order valence-electron chi connectivity index (χ0n) is 11.8. The monoisotopic (exact) mass is 319 g/mol. The molecule has 1 aromatic carbocycles. The largest absolute Gasteiger partial charge is 0.247 e. The fourth-order valence-corrected chi connectivity index (χ4v) is 3.77. The maximum Gasteiger partial charge on any atom is 0.0815 e. The lowest BCUT2D eigenvalue weighted by molar-refractivity contribution is 1.34. The Morgan fingerprint density at radius 2 is 1.55 bits per heavy atom. The SMILES string of the molecule is c1ccc(-c2cc(-c3ccsc3)nc(-c3cccs3)c2)cc1. The predicted molar refractivity (Wildman–Crippen MR) is 96.3 cm³/mol. The van der Waals surface area contributed by atoms with Crippen LogP contribution >= 0.6 is 22.7 Å². The van der Waals surface area contributed by atoms with E-state index in [4.69, 9.17) is 4.98 Å². The Kier molecular flexibility index (Phi) is 3.59. The van der Waals surface area contributed by atoms with E-state index in [1.54, 1.807) is 22.7 Å². The van der Waals surface area contributed by atoms with Crippen LogP contribution in [0.15, 0.2) is 76.8 Å². The van der Waals surface area contributed by atoms with Crippen LogP contribution in [-0.4, -0.2) is 4.98 Å². The predicted octanol–water partition coefficient (Wildman–Crippen LogP) is 6.21. The van der Waals surface area contributed by atoms with Crippen molar-refractivity contribution >= 4 is 22.7 Å². The molecule has 1 nitrogen and oxygen atoms in total. The van der Waals surface area contributed by atoms with E-state index in [-0.39, 0.29) is 0 Å². The molecule has 0 saturated heterocycles. The number of rotatable bonds is 3. The molecule has 4 aromatic rings. The fraction of sp³-hybridized carbons (Fsp3) is 0. The molecule has 106 valence electrons. The Labute approximate surface area is 137 Å². The Bertz CT molecular complexity index is 811. The summed E-state index contributed by atoms with van der Waals surface area (Å²) in [6.45, 7) is 0. The van der Waals surface area contributed by atoms with Crippen LogP contribution in [0.25, 0.3) is 33.0 Å². The molecule has 0 aliphatic rings. The van der Waals surface area contributed by atoms with Crippen molar-refractivity contribution in [3.05, 3.63) is 76.8 Å². The van der Waals surface area contributed by atoms with Crippen molar-refractivity contribution in [2.24, 2.45) is 0 Å².